The van der Waals surface area contributed by atoms with Gasteiger partial charge in [0.2, 0.25) is 5.91 Å². The summed E-state index contributed by atoms with van der Waals surface area (Å²) in [5.74, 6) is 0.657. The number of rotatable bonds is 5. The first kappa shape index (κ1) is 13.2. The fraction of sp³-hybridized carbons (Fsp3) is 0.462. The number of nitrogens with one attached hydrogen (secondary N) is 1. The Morgan fingerprint density at radius 1 is 1.44 bits per heavy atom. The highest BCUT2D eigenvalue weighted by atomic mass is 32.2. The molecule has 4 nitrogen and oxygen atoms in total. The monoisotopic (exact) mass is 266 g/mol. The molecule has 0 saturated heterocycles. The van der Waals surface area contributed by atoms with Gasteiger partial charge in [-0.2, -0.15) is 0 Å². The number of anilines is 2. The number of amides is 1. The molecule has 0 atom stereocenters. The molecule has 5 heteroatoms. The van der Waals surface area contributed by atoms with Crippen LogP contribution in [0.5, 0.6) is 0 Å². The van der Waals surface area contributed by atoms with Crippen LogP contribution in [-0.2, 0) is 4.79 Å². The molecule has 0 aliphatic carbocycles. The van der Waals surface area contributed by atoms with Crippen LogP contribution in [0.3, 0.4) is 0 Å². The third kappa shape index (κ3) is 2.79. The Labute approximate surface area is 111 Å². The van der Waals surface area contributed by atoms with Crippen molar-refractivity contribution in [2.24, 2.45) is 0 Å². The van der Waals surface area contributed by atoms with Crippen LogP contribution in [0.2, 0.25) is 0 Å². The number of hydrogen-bond donors (Lipinski definition) is 2. The van der Waals surface area contributed by atoms with Crippen molar-refractivity contribution in [3.05, 3.63) is 18.2 Å². The average Bonchev–Trinajstić information content (AvgIpc) is 2.41. The predicted molar refractivity (Wildman–Crippen MR) is 75.4 cm³/mol. The summed E-state index contributed by atoms with van der Waals surface area (Å²) in [5, 5.41) is 11.9. The largest absolute Gasteiger partial charge is 0.396 e. The van der Waals surface area contributed by atoms with Gasteiger partial charge in [0.05, 0.1) is 11.4 Å². The van der Waals surface area contributed by atoms with Crippen molar-refractivity contribution in [3.8, 4) is 0 Å². The maximum atomic E-state index is 12.0. The standard InChI is InChI=1S/C13H18N2O2S/c1-14-10-4-5-12-11(8-10)15(6-2-3-7-16)13(17)9-18-12/h4-5,8,14,16H,2-3,6-7,9H2,1H3. The van der Waals surface area contributed by atoms with E-state index in [1.165, 1.54) is 0 Å². The molecule has 0 spiro atoms. The summed E-state index contributed by atoms with van der Waals surface area (Å²) >= 11 is 1.59. The molecule has 1 aromatic carbocycles. The molecule has 0 fully saturated rings. The van der Waals surface area contributed by atoms with Gasteiger partial charge in [0, 0.05) is 30.8 Å². The van der Waals surface area contributed by atoms with Gasteiger partial charge in [0.25, 0.3) is 0 Å². The van der Waals surface area contributed by atoms with Crippen LogP contribution in [0.1, 0.15) is 12.8 Å². The van der Waals surface area contributed by atoms with E-state index in [9.17, 15) is 4.79 Å². The van der Waals surface area contributed by atoms with Crippen molar-refractivity contribution in [1.82, 2.24) is 0 Å². The van der Waals surface area contributed by atoms with Crippen molar-refractivity contribution in [3.63, 3.8) is 0 Å². The fourth-order valence-electron chi connectivity index (χ4n) is 1.98. The lowest BCUT2D eigenvalue weighted by Gasteiger charge is -2.29. The normalized spacial score (nSPS) is 14.6. The fourth-order valence-corrected chi connectivity index (χ4v) is 2.90. The lowest BCUT2D eigenvalue weighted by atomic mass is 10.2. The number of aliphatic hydroxyl groups is 1. The lowest BCUT2D eigenvalue weighted by Crippen LogP contribution is -2.36. The molecular weight excluding hydrogens is 248 g/mol. The van der Waals surface area contributed by atoms with Crippen molar-refractivity contribution in [2.75, 3.05) is 36.2 Å². The van der Waals surface area contributed by atoms with Gasteiger partial charge in [0.15, 0.2) is 0 Å². The third-order valence-electron chi connectivity index (χ3n) is 2.98. The van der Waals surface area contributed by atoms with Crippen LogP contribution >= 0.6 is 11.8 Å². The summed E-state index contributed by atoms with van der Waals surface area (Å²) in [7, 11) is 1.87. The second-order valence-electron chi connectivity index (χ2n) is 4.20. The molecule has 1 heterocycles. The lowest BCUT2D eigenvalue weighted by molar-refractivity contribution is -0.116. The smallest absolute Gasteiger partial charge is 0.237 e. The molecular formula is C13H18N2O2S. The minimum absolute atomic E-state index is 0.152. The Hall–Kier alpha value is -1.20. The Kier molecular flexibility index (Phi) is 4.49. The zero-order valence-electron chi connectivity index (χ0n) is 10.5. The molecule has 1 aliphatic heterocycles. The van der Waals surface area contributed by atoms with Crippen LogP contribution < -0.4 is 10.2 Å². The van der Waals surface area contributed by atoms with E-state index in [0.717, 1.165) is 29.1 Å². The van der Waals surface area contributed by atoms with Gasteiger partial charge < -0.3 is 15.3 Å². The molecule has 0 unspecified atom stereocenters. The molecule has 98 valence electrons. The van der Waals surface area contributed by atoms with Gasteiger partial charge in [-0.15, -0.1) is 11.8 Å². The first-order valence-corrected chi connectivity index (χ1v) is 7.10. The molecule has 1 aromatic rings. The summed E-state index contributed by atoms with van der Waals surface area (Å²) in [6, 6.07) is 6.09. The van der Waals surface area contributed by atoms with Crippen molar-refractivity contribution < 1.29 is 9.90 Å². The van der Waals surface area contributed by atoms with E-state index >= 15 is 0 Å². The van der Waals surface area contributed by atoms with Gasteiger partial charge in [-0.05, 0) is 31.0 Å². The molecule has 0 bridgehead atoms. The quantitative estimate of drug-likeness (QED) is 0.800. The van der Waals surface area contributed by atoms with Gasteiger partial charge in [-0.1, -0.05) is 0 Å². The van der Waals surface area contributed by atoms with Crippen LogP contribution in [0.25, 0.3) is 0 Å². The van der Waals surface area contributed by atoms with E-state index in [-0.39, 0.29) is 12.5 Å². The number of carbonyl (C=O) groups excluding carboxylic acids is 1. The summed E-state index contributed by atoms with van der Waals surface area (Å²) in [6.45, 7) is 0.861. The number of carbonyl (C=O) groups is 1. The van der Waals surface area contributed by atoms with E-state index in [0.29, 0.717) is 12.3 Å². The molecule has 18 heavy (non-hydrogen) atoms. The van der Waals surface area contributed by atoms with Crippen LogP contribution in [0, 0.1) is 0 Å². The number of hydrogen-bond acceptors (Lipinski definition) is 4. The molecule has 0 radical (unpaired) electrons. The SMILES string of the molecule is CNc1ccc2c(c1)N(CCCCO)C(=O)CS2. The summed E-state index contributed by atoms with van der Waals surface area (Å²) < 4.78 is 0. The zero-order chi connectivity index (χ0) is 13.0. The number of benzene rings is 1. The molecule has 1 amide bonds. The number of nitrogens with zero attached hydrogens (tertiary/aromatic N) is 1. The Balaban J connectivity index is 2.21. The van der Waals surface area contributed by atoms with Crippen LogP contribution in [0.15, 0.2) is 23.1 Å². The Morgan fingerprint density at radius 2 is 2.28 bits per heavy atom. The summed E-state index contributed by atoms with van der Waals surface area (Å²) in [5.41, 5.74) is 2.00. The average molecular weight is 266 g/mol. The number of unbranched alkanes of at least 4 members (excludes halogenated alkanes) is 1. The second kappa shape index (κ2) is 6.11. The highest BCUT2D eigenvalue weighted by Gasteiger charge is 2.24. The van der Waals surface area contributed by atoms with Crippen molar-refractivity contribution >= 4 is 29.0 Å². The maximum absolute atomic E-state index is 12.0. The zero-order valence-corrected chi connectivity index (χ0v) is 11.3. The Bertz CT molecular complexity index is 437. The number of aliphatic hydroxyl groups excluding tert-OH is 1. The van der Waals surface area contributed by atoms with E-state index in [1.807, 2.05) is 24.1 Å². The van der Waals surface area contributed by atoms with Gasteiger partial charge in [-0.25, -0.2) is 0 Å². The topological polar surface area (TPSA) is 52.6 Å². The minimum atomic E-state index is 0.152. The number of fused-ring (bicyclic) bond motifs is 1. The maximum Gasteiger partial charge on any atom is 0.237 e. The second-order valence-corrected chi connectivity index (χ2v) is 5.21. The highest BCUT2D eigenvalue weighted by Crippen LogP contribution is 2.37. The molecule has 0 saturated carbocycles. The van der Waals surface area contributed by atoms with E-state index < -0.39 is 0 Å². The first-order valence-electron chi connectivity index (χ1n) is 6.12. The molecule has 1 aliphatic rings. The molecule has 0 aromatic heterocycles. The molecule has 2 rings (SSSR count). The van der Waals surface area contributed by atoms with Crippen molar-refractivity contribution in [1.29, 1.82) is 0 Å². The van der Waals surface area contributed by atoms with Crippen molar-refractivity contribution in [2.45, 2.75) is 17.7 Å². The molecule has 2 N–H and O–H groups in total. The number of thioether (sulfide) groups is 1. The van der Waals surface area contributed by atoms with E-state index in [2.05, 4.69) is 11.4 Å². The van der Waals surface area contributed by atoms with Gasteiger partial charge in [-0.3, -0.25) is 4.79 Å². The highest BCUT2D eigenvalue weighted by molar-refractivity contribution is 8.00. The first-order chi connectivity index (χ1) is 8.76. The van der Waals surface area contributed by atoms with Crippen LogP contribution in [-0.4, -0.2) is 37.0 Å². The van der Waals surface area contributed by atoms with Crippen LogP contribution in [0.4, 0.5) is 11.4 Å². The minimum Gasteiger partial charge on any atom is -0.396 e. The van der Waals surface area contributed by atoms with Gasteiger partial charge in [0.1, 0.15) is 0 Å². The van der Waals surface area contributed by atoms with Gasteiger partial charge >= 0.3 is 0 Å². The predicted octanol–water partition coefficient (Wildman–Crippen LogP) is 1.94. The Morgan fingerprint density at radius 3 is 3.00 bits per heavy atom. The summed E-state index contributed by atoms with van der Waals surface area (Å²) in [4.78, 5) is 15.0. The van der Waals surface area contributed by atoms with E-state index in [1.54, 1.807) is 11.8 Å². The van der Waals surface area contributed by atoms with E-state index in [4.69, 9.17) is 5.11 Å². The summed E-state index contributed by atoms with van der Waals surface area (Å²) in [6.07, 6.45) is 1.56. The third-order valence-corrected chi connectivity index (χ3v) is 4.03.